The Morgan fingerprint density at radius 3 is 2.50 bits per heavy atom. The molecule has 8 heteroatoms. The fourth-order valence-corrected chi connectivity index (χ4v) is 4.19. The Morgan fingerprint density at radius 1 is 1.03 bits per heavy atom. The normalized spacial score (nSPS) is 11.9. The molecule has 1 N–H and O–H groups in total. The van der Waals surface area contributed by atoms with E-state index in [1.54, 1.807) is 24.5 Å². The predicted octanol–water partition coefficient (Wildman–Crippen LogP) is 5.72. The van der Waals surface area contributed by atoms with Crippen LogP contribution in [-0.4, -0.2) is 30.9 Å². The van der Waals surface area contributed by atoms with Crippen LogP contribution in [-0.2, 0) is 4.79 Å². The molecular formula is C24H22ClN5OS. The van der Waals surface area contributed by atoms with E-state index in [0.29, 0.717) is 21.7 Å². The Morgan fingerprint density at radius 2 is 1.78 bits per heavy atom. The van der Waals surface area contributed by atoms with Crippen LogP contribution in [0.15, 0.2) is 72.1 Å². The molecule has 4 rings (SSSR count). The monoisotopic (exact) mass is 463 g/mol. The number of nitrogens with one attached hydrogen (secondary N) is 1. The molecule has 0 aliphatic carbocycles. The summed E-state index contributed by atoms with van der Waals surface area (Å²) in [4.78, 5) is 16.9. The van der Waals surface area contributed by atoms with Crippen molar-refractivity contribution < 1.29 is 4.79 Å². The molecule has 2 aromatic heterocycles. The largest absolute Gasteiger partial charge is 0.324 e. The summed E-state index contributed by atoms with van der Waals surface area (Å²) < 4.78 is 1.98. The number of para-hydroxylation sites is 1. The van der Waals surface area contributed by atoms with Crippen molar-refractivity contribution in [1.29, 1.82) is 0 Å². The third kappa shape index (κ3) is 4.69. The predicted molar refractivity (Wildman–Crippen MR) is 129 cm³/mol. The highest BCUT2D eigenvalue weighted by molar-refractivity contribution is 8.00. The van der Waals surface area contributed by atoms with Crippen molar-refractivity contribution in [1.82, 2.24) is 19.7 Å². The summed E-state index contributed by atoms with van der Waals surface area (Å²) in [6.45, 7) is 5.98. The highest BCUT2D eigenvalue weighted by Crippen LogP contribution is 2.31. The first-order valence-electron chi connectivity index (χ1n) is 10.1. The molecule has 1 unspecified atom stereocenters. The maximum atomic E-state index is 12.8. The van der Waals surface area contributed by atoms with E-state index in [1.165, 1.54) is 17.3 Å². The molecule has 32 heavy (non-hydrogen) atoms. The van der Waals surface area contributed by atoms with Gasteiger partial charge in [-0.3, -0.25) is 14.3 Å². The number of aromatic nitrogens is 4. The minimum absolute atomic E-state index is 0.164. The number of nitrogens with zero attached hydrogens (tertiary/aromatic N) is 4. The average molecular weight is 464 g/mol. The van der Waals surface area contributed by atoms with Gasteiger partial charge in [0.25, 0.3) is 0 Å². The number of pyridine rings is 1. The topological polar surface area (TPSA) is 72.7 Å². The Bertz CT molecular complexity index is 1260. The fourth-order valence-electron chi connectivity index (χ4n) is 3.14. The van der Waals surface area contributed by atoms with Gasteiger partial charge in [0.15, 0.2) is 11.0 Å². The van der Waals surface area contributed by atoms with Gasteiger partial charge in [0.2, 0.25) is 5.91 Å². The lowest BCUT2D eigenvalue weighted by molar-refractivity contribution is -0.115. The van der Waals surface area contributed by atoms with E-state index < -0.39 is 5.25 Å². The molecule has 1 amide bonds. The molecule has 2 heterocycles. The van der Waals surface area contributed by atoms with Crippen LogP contribution < -0.4 is 5.32 Å². The highest BCUT2D eigenvalue weighted by Gasteiger charge is 2.22. The molecule has 4 aromatic rings. The smallest absolute Gasteiger partial charge is 0.237 e. The zero-order valence-corrected chi connectivity index (χ0v) is 19.5. The van der Waals surface area contributed by atoms with E-state index >= 15 is 0 Å². The number of anilines is 1. The van der Waals surface area contributed by atoms with Gasteiger partial charge >= 0.3 is 0 Å². The van der Waals surface area contributed by atoms with E-state index in [0.717, 1.165) is 16.8 Å². The van der Waals surface area contributed by atoms with Crippen molar-refractivity contribution in [3.8, 4) is 17.1 Å². The van der Waals surface area contributed by atoms with Crippen LogP contribution in [0.1, 0.15) is 18.1 Å². The Labute approximate surface area is 196 Å². The van der Waals surface area contributed by atoms with Gasteiger partial charge in [0.1, 0.15) is 0 Å². The van der Waals surface area contributed by atoms with E-state index in [9.17, 15) is 4.79 Å². The molecule has 0 fully saturated rings. The van der Waals surface area contributed by atoms with Gasteiger partial charge < -0.3 is 5.32 Å². The van der Waals surface area contributed by atoms with Crippen molar-refractivity contribution in [2.75, 3.05) is 5.32 Å². The minimum Gasteiger partial charge on any atom is -0.324 e. The third-order valence-corrected chi connectivity index (χ3v) is 6.48. The molecule has 2 aromatic carbocycles. The number of benzene rings is 2. The summed E-state index contributed by atoms with van der Waals surface area (Å²) >= 11 is 7.53. The lowest BCUT2D eigenvalue weighted by Crippen LogP contribution is -2.23. The molecule has 6 nitrogen and oxygen atoms in total. The van der Waals surface area contributed by atoms with Gasteiger partial charge in [-0.15, -0.1) is 10.2 Å². The third-order valence-electron chi connectivity index (χ3n) is 5.10. The van der Waals surface area contributed by atoms with Gasteiger partial charge in [-0.1, -0.05) is 41.6 Å². The molecular weight excluding hydrogens is 442 g/mol. The van der Waals surface area contributed by atoms with Crippen LogP contribution in [0.4, 0.5) is 5.69 Å². The van der Waals surface area contributed by atoms with Gasteiger partial charge in [-0.2, -0.15) is 0 Å². The molecule has 0 saturated carbocycles. The quantitative estimate of drug-likeness (QED) is 0.370. The second-order valence-corrected chi connectivity index (χ2v) is 9.09. The molecule has 0 aliphatic heterocycles. The van der Waals surface area contributed by atoms with Crippen LogP contribution in [0.25, 0.3) is 17.1 Å². The molecule has 0 saturated heterocycles. The van der Waals surface area contributed by atoms with Gasteiger partial charge in [0, 0.05) is 18.0 Å². The molecule has 0 radical (unpaired) electrons. The first-order chi connectivity index (χ1) is 15.4. The maximum absolute atomic E-state index is 12.8. The lowest BCUT2D eigenvalue weighted by Gasteiger charge is -2.15. The minimum atomic E-state index is -0.425. The number of carbonyl (C=O) groups excluding carboxylic acids is 1. The zero-order chi connectivity index (χ0) is 22.7. The number of halogens is 1. The first kappa shape index (κ1) is 22.0. The number of thioether (sulfide) groups is 1. The molecule has 0 aliphatic rings. The summed E-state index contributed by atoms with van der Waals surface area (Å²) in [6.07, 6.45) is 3.45. The van der Waals surface area contributed by atoms with Crippen LogP contribution in [0.5, 0.6) is 0 Å². The van der Waals surface area contributed by atoms with Crippen LogP contribution >= 0.6 is 23.4 Å². The number of amides is 1. The van der Waals surface area contributed by atoms with Gasteiger partial charge in [-0.25, -0.2) is 0 Å². The Hall–Kier alpha value is -3.16. The summed E-state index contributed by atoms with van der Waals surface area (Å²) in [7, 11) is 0. The van der Waals surface area contributed by atoms with Crippen LogP contribution in [0, 0.1) is 13.8 Å². The zero-order valence-electron chi connectivity index (χ0n) is 17.9. The maximum Gasteiger partial charge on any atom is 0.237 e. The molecule has 0 spiro atoms. The second kappa shape index (κ2) is 9.54. The number of carbonyl (C=O) groups is 1. The lowest BCUT2D eigenvalue weighted by atomic mass is 10.1. The van der Waals surface area contributed by atoms with Gasteiger partial charge in [0.05, 0.1) is 21.6 Å². The van der Waals surface area contributed by atoms with E-state index in [2.05, 4.69) is 46.5 Å². The van der Waals surface area contributed by atoms with Crippen molar-refractivity contribution in [3.63, 3.8) is 0 Å². The van der Waals surface area contributed by atoms with E-state index in [-0.39, 0.29) is 5.91 Å². The number of rotatable bonds is 6. The SMILES string of the molecule is Cc1ccc(-n2c(SC(C)C(=O)Nc3ccccc3Cl)nnc2-c2ccncc2)cc1C. The summed E-state index contributed by atoms with van der Waals surface area (Å²) in [5.74, 6) is 0.528. The molecule has 0 bridgehead atoms. The molecule has 1 atom stereocenters. The summed E-state index contributed by atoms with van der Waals surface area (Å²) in [5, 5.41) is 12.4. The van der Waals surface area contributed by atoms with Crippen molar-refractivity contribution >= 4 is 35.0 Å². The summed E-state index contributed by atoms with van der Waals surface area (Å²) in [6, 6.07) is 17.2. The standard InChI is InChI=1S/C24H22ClN5OS/c1-15-8-9-19(14-16(15)2)30-22(18-10-12-26-13-11-18)28-29-24(30)32-17(3)23(31)27-21-7-5-4-6-20(21)25/h4-14,17H,1-3H3,(H,27,31). The average Bonchev–Trinajstić information content (AvgIpc) is 3.21. The van der Waals surface area contributed by atoms with Crippen molar-refractivity contribution in [2.45, 2.75) is 31.2 Å². The molecule has 162 valence electrons. The second-order valence-electron chi connectivity index (χ2n) is 7.38. The Kier molecular flexibility index (Phi) is 6.58. The summed E-state index contributed by atoms with van der Waals surface area (Å²) in [5.41, 5.74) is 4.78. The fraction of sp³-hybridized carbons (Fsp3) is 0.167. The first-order valence-corrected chi connectivity index (χ1v) is 11.4. The number of hydrogen-bond acceptors (Lipinski definition) is 5. The van der Waals surface area contributed by atoms with Crippen molar-refractivity contribution in [3.05, 3.63) is 83.1 Å². The number of aryl methyl sites for hydroxylation is 2. The van der Waals surface area contributed by atoms with E-state index in [1.807, 2.05) is 41.8 Å². The number of hydrogen-bond donors (Lipinski definition) is 1. The Balaban J connectivity index is 1.68. The van der Waals surface area contributed by atoms with Gasteiger partial charge in [-0.05, 0) is 68.3 Å². The van der Waals surface area contributed by atoms with Crippen LogP contribution in [0.3, 0.4) is 0 Å². The van der Waals surface area contributed by atoms with Crippen molar-refractivity contribution in [2.24, 2.45) is 0 Å². The highest BCUT2D eigenvalue weighted by atomic mass is 35.5. The van der Waals surface area contributed by atoms with Crippen LogP contribution in [0.2, 0.25) is 5.02 Å². The van der Waals surface area contributed by atoms with E-state index in [4.69, 9.17) is 11.6 Å².